The first-order valence-corrected chi connectivity index (χ1v) is 8.76. The van der Waals surface area contributed by atoms with Gasteiger partial charge in [-0.15, -0.1) is 0 Å². The summed E-state index contributed by atoms with van der Waals surface area (Å²) in [5.74, 6) is 0. The van der Waals surface area contributed by atoms with Crippen LogP contribution in [0.15, 0.2) is 58.0 Å². The largest absolute Gasteiger partial charge is 0.416 e. The number of nitriles is 1. The number of rotatable bonds is 2. The van der Waals surface area contributed by atoms with Gasteiger partial charge in [0.25, 0.3) is 0 Å². The van der Waals surface area contributed by atoms with Crippen molar-refractivity contribution in [3.63, 3.8) is 0 Å². The summed E-state index contributed by atoms with van der Waals surface area (Å²) in [4.78, 5) is 0.909. The Hall–Kier alpha value is -2.21. The Balaban J connectivity index is 1.88. The zero-order valence-electron chi connectivity index (χ0n) is 12.8. The Morgan fingerprint density at radius 2 is 1.96 bits per heavy atom. The second kappa shape index (κ2) is 7.19. The first kappa shape index (κ1) is 18.6. The number of halogens is 4. The number of hydrogen-bond acceptors (Lipinski definition) is 4. The fraction of sp³-hybridized carbons (Fsp3) is 0.0588. The SMILES string of the molecule is N#C/C(C(=S)Nc1cc(C(F)(F)F)ccc1Cl)=C1/Nc2ccccc2S1. The van der Waals surface area contributed by atoms with E-state index in [0.29, 0.717) is 5.03 Å². The molecule has 0 amide bonds. The number of thioether (sulfide) groups is 1. The van der Waals surface area contributed by atoms with Crippen LogP contribution in [0, 0.1) is 11.3 Å². The van der Waals surface area contributed by atoms with Crippen LogP contribution < -0.4 is 10.6 Å². The van der Waals surface area contributed by atoms with Gasteiger partial charge in [-0.25, -0.2) is 0 Å². The highest BCUT2D eigenvalue weighted by molar-refractivity contribution is 8.03. The Kier molecular flexibility index (Phi) is 5.14. The average molecular weight is 412 g/mol. The van der Waals surface area contributed by atoms with Gasteiger partial charge < -0.3 is 10.6 Å². The third-order valence-corrected chi connectivity index (χ3v) is 5.18. The molecule has 0 aliphatic carbocycles. The molecule has 2 aromatic carbocycles. The molecular weight excluding hydrogens is 403 g/mol. The highest BCUT2D eigenvalue weighted by Crippen LogP contribution is 2.42. The standard InChI is InChI=1S/C17H9ClF3N3S2/c18-11-6-5-9(17(19,20)21)7-13(11)23-15(25)10(8-22)16-24-12-3-1-2-4-14(12)26-16/h1-7,24H,(H,23,25)/b16-10+. The van der Waals surface area contributed by atoms with Crippen molar-refractivity contribution in [2.45, 2.75) is 11.1 Å². The Morgan fingerprint density at radius 3 is 2.62 bits per heavy atom. The van der Waals surface area contributed by atoms with Crippen molar-refractivity contribution in [3.05, 3.63) is 63.7 Å². The fourth-order valence-electron chi connectivity index (χ4n) is 2.22. The lowest BCUT2D eigenvalue weighted by atomic mass is 10.2. The number of benzene rings is 2. The highest BCUT2D eigenvalue weighted by Gasteiger charge is 2.31. The molecule has 9 heteroatoms. The third-order valence-electron chi connectivity index (χ3n) is 3.46. The van der Waals surface area contributed by atoms with Gasteiger partial charge in [-0.2, -0.15) is 18.4 Å². The summed E-state index contributed by atoms with van der Waals surface area (Å²) < 4.78 is 38.6. The zero-order valence-corrected chi connectivity index (χ0v) is 15.2. The van der Waals surface area contributed by atoms with Crippen LogP contribution >= 0.6 is 35.6 Å². The lowest BCUT2D eigenvalue weighted by Gasteiger charge is -2.13. The van der Waals surface area contributed by atoms with Crippen molar-refractivity contribution >= 4 is 51.9 Å². The number of nitrogens with zero attached hydrogens (tertiary/aromatic N) is 1. The molecule has 1 aliphatic heterocycles. The molecule has 0 aromatic heterocycles. The van der Waals surface area contributed by atoms with Crippen molar-refractivity contribution in [1.82, 2.24) is 0 Å². The molecule has 0 unspecified atom stereocenters. The first-order chi connectivity index (χ1) is 12.3. The van der Waals surface area contributed by atoms with Crippen LogP contribution in [0.5, 0.6) is 0 Å². The minimum atomic E-state index is -4.51. The highest BCUT2D eigenvalue weighted by atomic mass is 35.5. The number of nitrogens with one attached hydrogen (secondary N) is 2. The molecule has 0 bridgehead atoms. The first-order valence-electron chi connectivity index (χ1n) is 7.16. The maximum Gasteiger partial charge on any atom is 0.416 e. The number of alkyl halides is 3. The molecule has 2 aromatic rings. The Labute approximate surface area is 161 Å². The maximum atomic E-state index is 12.9. The second-order valence-corrected chi connectivity index (χ2v) is 7.05. The number of fused-ring (bicyclic) bond motifs is 1. The van der Waals surface area contributed by atoms with Crippen LogP contribution in [-0.4, -0.2) is 4.99 Å². The maximum absolute atomic E-state index is 12.9. The molecule has 1 aliphatic rings. The molecule has 0 radical (unpaired) electrons. The van der Waals surface area contributed by atoms with Crippen LogP contribution in [-0.2, 0) is 6.18 Å². The molecule has 0 atom stereocenters. The fourth-order valence-corrected chi connectivity index (χ4v) is 3.71. The predicted octanol–water partition coefficient (Wildman–Crippen LogP) is 6.05. The van der Waals surface area contributed by atoms with Gasteiger partial charge in [-0.05, 0) is 30.3 Å². The number of hydrogen-bond donors (Lipinski definition) is 2. The Morgan fingerprint density at radius 1 is 1.23 bits per heavy atom. The summed E-state index contributed by atoms with van der Waals surface area (Å²) in [6, 6.07) is 12.3. The second-order valence-electron chi connectivity index (χ2n) is 5.19. The van der Waals surface area contributed by atoms with E-state index in [9.17, 15) is 18.4 Å². The van der Waals surface area contributed by atoms with Crippen molar-refractivity contribution in [1.29, 1.82) is 5.26 Å². The molecule has 3 nitrogen and oxygen atoms in total. The van der Waals surface area contributed by atoms with E-state index in [0.717, 1.165) is 28.8 Å². The number of anilines is 2. The molecule has 0 saturated heterocycles. The van der Waals surface area contributed by atoms with E-state index in [1.165, 1.54) is 11.8 Å². The van der Waals surface area contributed by atoms with Crippen LogP contribution in [0.3, 0.4) is 0 Å². The van der Waals surface area contributed by atoms with Crippen LogP contribution in [0.25, 0.3) is 0 Å². The monoisotopic (exact) mass is 411 g/mol. The van der Waals surface area contributed by atoms with E-state index in [-0.39, 0.29) is 21.3 Å². The third kappa shape index (κ3) is 3.80. The van der Waals surface area contributed by atoms with Gasteiger partial charge in [0.2, 0.25) is 0 Å². The van der Waals surface area contributed by atoms with Gasteiger partial charge >= 0.3 is 6.18 Å². The lowest BCUT2D eigenvalue weighted by molar-refractivity contribution is -0.137. The topological polar surface area (TPSA) is 47.9 Å². The normalized spacial score (nSPS) is 14.9. The van der Waals surface area contributed by atoms with Crippen molar-refractivity contribution in [3.8, 4) is 6.07 Å². The zero-order chi connectivity index (χ0) is 18.9. The van der Waals surface area contributed by atoms with Crippen LogP contribution in [0.2, 0.25) is 5.02 Å². The number of thiocarbonyl (C=S) groups is 1. The summed E-state index contributed by atoms with van der Waals surface area (Å²) in [5, 5.41) is 15.8. The van der Waals surface area contributed by atoms with Gasteiger partial charge in [-0.3, -0.25) is 0 Å². The van der Waals surface area contributed by atoms with E-state index in [2.05, 4.69) is 10.6 Å². The molecule has 0 saturated carbocycles. The summed E-state index contributed by atoms with van der Waals surface area (Å²) >= 11 is 12.5. The minimum absolute atomic E-state index is 0.0136. The number of para-hydroxylation sites is 1. The molecule has 0 spiro atoms. The van der Waals surface area contributed by atoms with Gasteiger partial charge in [0, 0.05) is 4.90 Å². The lowest BCUT2D eigenvalue weighted by Crippen LogP contribution is -2.15. The molecular formula is C17H9ClF3N3S2. The summed E-state index contributed by atoms with van der Waals surface area (Å²) in [7, 11) is 0. The van der Waals surface area contributed by atoms with Gasteiger partial charge in [0.05, 0.1) is 27.0 Å². The Bertz CT molecular complexity index is 937. The summed E-state index contributed by atoms with van der Waals surface area (Å²) in [6.07, 6.45) is -4.51. The smallest absolute Gasteiger partial charge is 0.348 e. The molecule has 3 rings (SSSR count). The minimum Gasteiger partial charge on any atom is -0.348 e. The average Bonchev–Trinajstić information content (AvgIpc) is 3.00. The van der Waals surface area contributed by atoms with Crippen molar-refractivity contribution in [2.24, 2.45) is 0 Å². The van der Waals surface area contributed by atoms with Gasteiger partial charge in [0.1, 0.15) is 16.6 Å². The van der Waals surface area contributed by atoms with E-state index >= 15 is 0 Å². The molecule has 2 N–H and O–H groups in total. The summed E-state index contributed by atoms with van der Waals surface area (Å²) in [5.41, 5.74) is 0.0781. The summed E-state index contributed by atoms with van der Waals surface area (Å²) in [6.45, 7) is 0. The van der Waals surface area contributed by atoms with E-state index in [1.807, 2.05) is 30.3 Å². The predicted molar refractivity (Wildman–Crippen MR) is 101 cm³/mol. The van der Waals surface area contributed by atoms with Gasteiger partial charge in [0.15, 0.2) is 0 Å². The molecule has 26 heavy (non-hydrogen) atoms. The quantitative estimate of drug-likeness (QED) is 0.358. The van der Waals surface area contributed by atoms with E-state index in [4.69, 9.17) is 23.8 Å². The van der Waals surface area contributed by atoms with Crippen LogP contribution in [0.1, 0.15) is 5.56 Å². The van der Waals surface area contributed by atoms with E-state index in [1.54, 1.807) is 0 Å². The molecule has 0 fully saturated rings. The molecule has 1 heterocycles. The van der Waals surface area contributed by atoms with E-state index < -0.39 is 11.7 Å². The van der Waals surface area contributed by atoms with Crippen molar-refractivity contribution < 1.29 is 13.2 Å². The van der Waals surface area contributed by atoms with Crippen molar-refractivity contribution in [2.75, 3.05) is 10.6 Å². The molecule has 132 valence electrons. The van der Waals surface area contributed by atoms with Gasteiger partial charge in [-0.1, -0.05) is 47.7 Å². The van der Waals surface area contributed by atoms with Crippen LogP contribution in [0.4, 0.5) is 24.5 Å².